The summed E-state index contributed by atoms with van der Waals surface area (Å²) in [5.41, 5.74) is 6.92. The van der Waals surface area contributed by atoms with E-state index in [9.17, 15) is 4.79 Å². The number of nitrogens with two attached hydrogens (primary N) is 1. The van der Waals surface area contributed by atoms with Crippen LogP contribution in [-0.4, -0.2) is 11.1 Å². The van der Waals surface area contributed by atoms with E-state index in [0.29, 0.717) is 12.5 Å². The lowest BCUT2D eigenvalue weighted by atomic mass is 10.00. The summed E-state index contributed by atoms with van der Waals surface area (Å²) in [5, 5.41) is 1.77. The summed E-state index contributed by atoms with van der Waals surface area (Å²) in [5.74, 6) is 0.472. The van der Waals surface area contributed by atoms with Crippen molar-refractivity contribution >= 4 is 10.8 Å². The molecule has 0 spiro atoms. The molecule has 2 N–H and O–H groups in total. The van der Waals surface area contributed by atoms with Gasteiger partial charge in [-0.2, -0.15) is 0 Å². The normalized spacial score (nSPS) is 13.2. The first kappa shape index (κ1) is 12.8. The molecule has 96 valence electrons. The fraction of sp³-hybridized carbons (Fsp3) is 0.400. The molecule has 0 radical (unpaired) electrons. The molecule has 0 saturated heterocycles. The van der Waals surface area contributed by atoms with Gasteiger partial charge in [-0.3, -0.25) is 4.79 Å². The van der Waals surface area contributed by atoms with Crippen LogP contribution in [0.15, 0.2) is 35.3 Å². The van der Waals surface area contributed by atoms with E-state index < -0.39 is 0 Å². The Labute approximate surface area is 107 Å². The van der Waals surface area contributed by atoms with Gasteiger partial charge in [-0.1, -0.05) is 26.0 Å². The maximum Gasteiger partial charge on any atom is 0.258 e. The Morgan fingerprint density at radius 3 is 2.56 bits per heavy atom. The summed E-state index contributed by atoms with van der Waals surface area (Å²) >= 11 is 0. The smallest absolute Gasteiger partial charge is 0.258 e. The third-order valence-electron chi connectivity index (χ3n) is 3.44. The van der Waals surface area contributed by atoms with Crippen LogP contribution in [0, 0.1) is 0 Å². The predicted molar refractivity (Wildman–Crippen MR) is 76.1 cm³/mol. The Hall–Kier alpha value is -1.61. The van der Waals surface area contributed by atoms with Crippen molar-refractivity contribution in [3.8, 4) is 0 Å². The van der Waals surface area contributed by atoms with E-state index in [-0.39, 0.29) is 11.6 Å². The van der Waals surface area contributed by atoms with Gasteiger partial charge in [0.05, 0.1) is 0 Å². The van der Waals surface area contributed by atoms with Gasteiger partial charge in [-0.15, -0.1) is 0 Å². The minimum Gasteiger partial charge on any atom is -0.328 e. The second-order valence-electron chi connectivity index (χ2n) is 5.11. The van der Waals surface area contributed by atoms with Crippen LogP contribution in [-0.2, 0) is 0 Å². The second kappa shape index (κ2) is 4.94. The van der Waals surface area contributed by atoms with Crippen LogP contribution in [0.2, 0.25) is 0 Å². The van der Waals surface area contributed by atoms with Gasteiger partial charge >= 0.3 is 0 Å². The van der Waals surface area contributed by atoms with Crippen LogP contribution < -0.4 is 11.3 Å². The monoisotopic (exact) mass is 244 g/mol. The van der Waals surface area contributed by atoms with Crippen LogP contribution in [0.25, 0.3) is 10.8 Å². The van der Waals surface area contributed by atoms with Gasteiger partial charge in [0, 0.05) is 24.2 Å². The van der Waals surface area contributed by atoms with Crippen LogP contribution in [0.3, 0.4) is 0 Å². The molecule has 1 aromatic heterocycles. The number of pyridine rings is 1. The van der Waals surface area contributed by atoms with Crippen molar-refractivity contribution in [1.82, 2.24) is 4.57 Å². The maximum atomic E-state index is 12.3. The van der Waals surface area contributed by atoms with Crippen molar-refractivity contribution in [3.63, 3.8) is 0 Å². The highest BCUT2D eigenvalue weighted by Crippen LogP contribution is 2.19. The minimum absolute atomic E-state index is 0.0340. The fourth-order valence-corrected chi connectivity index (χ4v) is 2.10. The first-order valence-corrected chi connectivity index (χ1v) is 6.39. The van der Waals surface area contributed by atoms with E-state index in [2.05, 4.69) is 19.9 Å². The van der Waals surface area contributed by atoms with E-state index in [0.717, 1.165) is 10.8 Å². The maximum absolute atomic E-state index is 12.3. The van der Waals surface area contributed by atoms with Gasteiger partial charge in [-0.05, 0) is 35.9 Å². The number of benzene rings is 1. The Bertz CT molecular complexity index is 613. The van der Waals surface area contributed by atoms with Crippen molar-refractivity contribution in [2.45, 2.75) is 32.7 Å². The average molecular weight is 244 g/mol. The van der Waals surface area contributed by atoms with Gasteiger partial charge in [-0.25, -0.2) is 0 Å². The molecule has 0 aliphatic rings. The van der Waals surface area contributed by atoms with Crippen LogP contribution in [0.5, 0.6) is 0 Å². The molecule has 3 heteroatoms. The molecule has 2 rings (SSSR count). The summed E-state index contributed by atoms with van der Waals surface area (Å²) in [6.45, 7) is 6.73. The fourth-order valence-electron chi connectivity index (χ4n) is 2.10. The lowest BCUT2D eigenvalue weighted by Gasteiger charge is -2.14. The molecular weight excluding hydrogens is 224 g/mol. The molecule has 1 unspecified atom stereocenters. The number of aromatic nitrogens is 1. The summed E-state index contributed by atoms with van der Waals surface area (Å²) in [6, 6.07) is 8.08. The third kappa shape index (κ3) is 2.18. The van der Waals surface area contributed by atoms with E-state index >= 15 is 0 Å². The van der Waals surface area contributed by atoms with Crippen LogP contribution in [0.1, 0.15) is 38.3 Å². The average Bonchev–Trinajstić information content (AvgIpc) is 2.37. The highest BCUT2D eigenvalue weighted by atomic mass is 16.1. The van der Waals surface area contributed by atoms with Gasteiger partial charge in [0.15, 0.2) is 0 Å². The number of hydrogen-bond acceptors (Lipinski definition) is 2. The quantitative estimate of drug-likeness (QED) is 0.902. The summed E-state index contributed by atoms with van der Waals surface area (Å²) in [4.78, 5) is 12.3. The molecule has 1 aromatic carbocycles. The Morgan fingerprint density at radius 2 is 1.94 bits per heavy atom. The summed E-state index contributed by atoms with van der Waals surface area (Å²) < 4.78 is 1.71. The molecule has 0 bridgehead atoms. The molecule has 2 aromatic rings. The van der Waals surface area contributed by atoms with Gasteiger partial charge in [0.2, 0.25) is 0 Å². The largest absolute Gasteiger partial charge is 0.328 e. The molecule has 1 heterocycles. The predicted octanol–water partition coefficient (Wildman–Crippen LogP) is 2.64. The first-order valence-electron chi connectivity index (χ1n) is 6.39. The number of nitrogens with zero attached hydrogens (tertiary/aromatic N) is 1. The molecule has 0 aliphatic carbocycles. The van der Waals surface area contributed by atoms with E-state index in [1.165, 1.54) is 5.56 Å². The molecular formula is C15H20N2O. The lowest BCUT2D eigenvalue weighted by molar-refractivity contribution is 0.543. The first-order chi connectivity index (χ1) is 8.54. The van der Waals surface area contributed by atoms with Crippen molar-refractivity contribution < 1.29 is 0 Å². The SMILES string of the molecule is CC(C)c1ccc2c(=O)n(C(C)CN)ccc2c1. The highest BCUT2D eigenvalue weighted by Gasteiger charge is 2.08. The Balaban J connectivity index is 2.63. The van der Waals surface area contributed by atoms with Crippen LogP contribution >= 0.6 is 0 Å². The minimum atomic E-state index is 0.0340. The molecule has 18 heavy (non-hydrogen) atoms. The Kier molecular flexibility index (Phi) is 3.53. The number of hydrogen-bond donors (Lipinski definition) is 1. The van der Waals surface area contributed by atoms with Crippen LogP contribution in [0.4, 0.5) is 0 Å². The number of rotatable bonds is 3. The summed E-state index contributed by atoms with van der Waals surface area (Å²) in [7, 11) is 0. The zero-order chi connectivity index (χ0) is 13.3. The van der Waals surface area contributed by atoms with Crippen molar-refractivity contribution in [3.05, 3.63) is 46.4 Å². The molecule has 0 saturated carbocycles. The topological polar surface area (TPSA) is 48.0 Å². The van der Waals surface area contributed by atoms with Gasteiger partial charge in [0.1, 0.15) is 0 Å². The highest BCUT2D eigenvalue weighted by molar-refractivity contribution is 5.82. The molecule has 1 atom stereocenters. The van der Waals surface area contributed by atoms with E-state index in [1.54, 1.807) is 4.57 Å². The standard InChI is InChI=1S/C15H20N2O/c1-10(2)12-4-5-14-13(8-12)6-7-17(15(14)18)11(3)9-16/h4-8,10-11H,9,16H2,1-3H3. The zero-order valence-corrected chi connectivity index (χ0v) is 11.2. The molecule has 0 fully saturated rings. The van der Waals surface area contributed by atoms with Crippen molar-refractivity contribution in [2.24, 2.45) is 5.73 Å². The van der Waals surface area contributed by atoms with Gasteiger partial charge < -0.3 is 10.3 Å². The Morgan fingerprint density at radius 1 is 1.22 bits per heavy atom. The molecule has 0 aliphatic heterocycles. The van der Waals surface area contributed by atoms with Crippen molar-refractivity contribution in [1.29, 1.82) is 0 Å². The lowest BCUT2D eigenvalue weighted by Crippen LogP contribution is -2.27. The molecule has 0 amide bonds. The van der Waals surface area contributed by atoms with Crippen molar-refractivity contribution in [2.75, 3.05) is 6.54 Å². The number of fused-ring (bicyclic) bond motifs is 1. The van der Waals surface area contributed by atoms with E-state index in [4.69, 9.17) is 5.73 Å². The zero-order valence-electron chi connectivity index (χ0n) is 11.2. The second-order valence-corrected chi connectivity index (χ2v) is 5.11. The molecule has 3 nitrogen and oxygen atoms in total. The third-order valence-corrected chi connectivity index (χ3v) is 3.44. The van der Waals surface area contributed by atoms with Gasteiger partial charge in [0.25, 0.3) is 5.56 Å². The van der Waals surface area contributed by atoms with E-state index in [1.807, 2.05) is 31.3 Å². The summed E-state index contributed by atoms with van der Waals surface area (Å²) in [6.07, 6.45) is 1.84.